The smallest absolute Gasteiger partial charge is 0.238 e. The molecule has 6 heteroatoms. The summed E-state index contributed by atoms with van der Waals surface area (Å²) >= 11 is 1.54. The van der Waals surface area contributed by atoms with Gasteiger partial charge in [0.15, 0.2) is 0 Å². The van der Waals surface area contributed by atoms with Gasteiger partial charge in [0.25, 0.3) is 0 Å². The molecule has 31 heavy (non-hydrogen) atoms. The van der Waals surface area contributed by atoms with Crippen LogP contribution >= 0.6 is 11.8 Å². The van der Waals surface area contributed by atoms with Crippen LogP contribution in [-0.2, 0) is 9.59 Å². The zero-order valence-corrected chi connectivity index (χ0v) is 18.5. The number of amides is 2. The van der Waals surface area contributed by atoms with E-state index in [9.17, 15) is 14.0 Å². The highest BCUT2D eigenvalue weighted by Gasteiger charge is 2.35. The van der Waals surface area contributed by atoms with E-state index in [1.54, 1.807) is 17.0 Å². The Morgan fingerprint density at radius 2 is 1.84 bits per heavy atom. The van der Waals surface area contributed by atoms with Crippen molar-refractivity contribution in [2.24, 2.45) is 5.92 Å². The normalized spacial score (nSPS) is 19.5. The van der Waals surface area contributed by atoms with Crippen molar-refractivity contribution >= 4 is 35.0 Å². The molecule has 162 valence electrons. The maximum atomic E-state index is 13.3. The molecule has 0 spiro atoms. The first-order valence-corrected chi connectivity index (χ1v) is 11.8. The van der Waals surface area contributed by atoms with Gasteiger partial charge in [0.1, 0.15) is 11.2 Å². The highest BCUT2D eigenvalue weighted by molar-refractivity contribution is 8.00. The minimum atomic E-state index is -0.293. The summed E-state index contributed by atoms with van der Waals surface area (Å²) in [5.74, 6) is 0.238. The van der Waals surface area contributed by atoms with Crippen LogP contribution in [0.15, 0.2) is 49.0 Å². The van der Waals surface area contributed by atoms with Crippen molar-refractivity contribution in [3.8, 4) is 0 Å². The number of nitrogens with one attached hydrogen (secondary N) is 1. The van der Waals surface area contributed by atoms with E-state index in [0.717, 1.165) is 48.1 Å². The molecule has 0 bridgehead atoms. The van der Waals surface area contributed by atoms with E-state index in [0.29, 0.717) is 11.4 Å². The summed E-state index contributed by atoms with van der Waals surface area (Å²) in [7, 11) is 0. The summed E-state index contributed by atoms with van der Waals surface area (Å²) in [6, 6.07) is 12.1. The van der Waals surface area contributed by atoms with Crippen molar-refractivity contribution in [1.29, 1.82) is 0 Å². The lowest BCUT2D eigenvalue weighted by Gasteiger charge is -2.26. The average molecular weight is 439 g/mol. The summed E-state index contributed by atoms with van der Waals surface area (Å²) in [5.41, 5.74) is 4.06. The number of benzene rings is 2. The predicted octanol–water partition coefficient (Wildman–Crippen LogP) is 5.58. The molecule has 2 aliphatic rings. The van der Waals surface area contributed by atoms with Gasteiger partial charge in [-0.1, -0.05) is 44.0 Å². The lowest BCUT2D eigenvalue weighted by atomic mass is 9.88. The van der Waals surface area contributed by atoms with Crippen molar-refractivity contribution in [2.75, 3.05) is 10.7 Å². The predicted molar refractivity (Wildman–Crippen MR) is 124 cm³/mol. The Morgan fingerprint density at radius 3 is 2.52 bits per heavy atom. The lowest BCUT2D eigenvalue weighted by molar-refractivity contribution is -0.124. The van der Waals surface area contributed by atoms with Gasteiger partial charge in [0.05, 0.1) is 5.75 Å². The van der Waals surface area contributed by atoms with Crippen LogP contribution in [0.4, 0.5) is 10.1 Å². The summed E-state index contributed by atoms with van der Waals surface area (Å²) < 4.78 is 13.3. The number of hydrogen-bond acceptors (Lipinski definition) is 3. The third-order valence-electron chi connectivity index (χ3n) is 6.08. The van der Waals surface area contributed by atoms with Crippen LogP contribution in [0, 0.1) is 18.7 Å². The Balaban J connectivity index is 1.52. The fraction of sp³-hybridized carbons (Fsp3) is 0.360. The van der Waals surface area contributed by atoms with Gasteiger partial charge in [-0.05, 0) is 60.7 Å². The molecular formula is C25H27FN2O2S. The molecule has 2 aromatic carbocycles. The Labute approximate surface area is 186 Å². The van der Waals surface area contributed by atoms with E-state index < -0.39 is 0 Å². The first-order valence-electron chi connectivity index (χ1n) is 10.7. The van der Waals surface area contributed by atoms with Gasteiger partial charge in [-0.3, -0.25) is 14.5 Å². The number of nitrogens with zero attached hydrogens (tertiary/aromatic N) is 1. The topological polar surface area (TPSA) is 49.4 Å². The number of aryl methyl sites for hydroxylation is 1. The first-order chi connectivity index (χ1) is 14.9. The third-order valence-corrected chi connectivity index (χ3v) is 7.29. The highest BCUT2D eigenvalue weighted by atomic mass is 32.2. The van der Waals surface area contributed by atoms with E-state index in [1.165, 1.54) is 30.3 Å². The second-order valence-corrected chi connectivity index (χ2v) is 9.35. The maximum Gasteiger partial charge on any atom is 0.238 e. The van der Waals surface area contributed by atoms with Gasteiger partial charge < -0.3 is 5.32 Å². The van der Waals surface area contributed by atoms with Gasteiger partial charge in [0.2, 0.25) is 11.8 Å². The zero-order chi connectivity index (χ0) is 22.0. The third kappa shape index (κ3) is 4.69. The Hall–Kier alpha value is -2.60. The standard InChI is InChI=1S/C25H27FN2O2S/c1-16-14-20(17(2)27-24(30)18-6-4-3-5-7-18)10-13-22(16)28-23(29)15-31-25(28)19-8-11-21(26)12-9-19/h8-14,18,25H,2-7,15H2,1H3,(H,27,30). The molecule has 2 aromatic rings. The van der Waals surface area contributed by atoms with Gasteiger partial charge in [0, 0.05) is 17.3 Å². The molecule has 2 fully saturated rings. The number of rotatable bonds is 5. The minimum Gasteiger partial charge on any atom is -0.326 e. The van der Waals surface area contributed by atoms with Crippen LogP contribution in [0.1, 0.15) is 54.2 Å². The molecular weight excluding hydrogens is 411 g/mol. The van der Waals surface area contributed by atoms with Gasteiger partial charge in [-0.25, -0.2) is 4.39 Å². The lowest BCUT2D eigenvalue weighted by Crippen LogP contribution is -2.30. The number of thioether (sulfide) groups is 1. The van der Waals surface area contributed by atoms with Crippen LogP contribution in [0.2, 0.25) is 0 Å². The number of carbonyl (C=O) groups excluding carboxylic acids is 2. The zero-order valence-electron chi connectivity index (χ0n) is 17.7. The van der Waals surface area contributed by atoms with Gasteiger partial charge in [-0.2, -0.15) is 0 Å². The average Bonchev–Trinajstić information content (AvgIpc) is 3.16. The van der Waals surface area contributed by atoms with Crippen molar-refractivity contribution < 1.29 is 14.0 Å². The Morgan fingerprint density at radius 1 is 1.13 bits per heavy atom. The summed E-state index contributed by atoms with van der Waals surface area (Å²) in [6.07, 6.45) is 5.30. The second-order valence-electron chi connectivity index (χ2n) is 8.28. The molecule has 1 saturated carbocycles. The molecule has 1 aliphatic carbocycles. The molecule has 1 atom stereocenters. The highest BCUT2D eigenvalue weighted by Crippen LogP contribution is 2.43. The van der Waals surface area contributed by atoms with Crippen LogP contribution in [0.5, 0.6) is 0 Å². The Kier molecular flexibility index (Phi) is 6.46. The molecule has 2 amide bonds. The van der Waals surface area contributed by atoms with E-state index in [1.807, 2.05) is 25.1 Å². The van der Waals surface area contributed by atoms with Crippen molar-refractivity contribution in [1.82, 2.24) is 5.32 Å². The second kappa shape index (κ2) is 9.27. The molecule has 1 unspecified atom stereocenters. The molecule has 4 rings (SSSR count). The fourth-order valence-corrected chi connectivity index (χ4v) is 5.53. The van der Waals surface area contributed by atoms with E-state index in [-0.39, 0.29) is 28.9 Å². The quantitative estimate of drug-likeness (QED) is 0.663. The first kappa shape index (κ1) is 21.6. The van der Waals surface area contributed by atoms with Crippen LogP contribution < -0.4 is 10.2 Å². The number of anilines is 1. The van der Waals surface area contributed by atoms with E-state index in [4.69, 9.17) is 0 Å². The van der Waals surface area contributed by atoms with Crippen molar-refractivity contribution in [3.05, 3.63) is 71.6 Å². The van der Waals surface area contributed by atoms with Gasteiger partial charge >= 0.3 is 0 Å². The van der Waals surface area contributed by atoms with E-state index in [2.05, 4.69) is 11.9 Å². The number of carbonyl (C=O) groups is 2. The van der Waals surface area contributed by atoms with E-state index >= 15 is 0 Å². The minimum absolute atomic E-state index is 0.0274. The van der Waals surface area contributed by atoms with Crippen LogP contribution in [-0.4, -0.2) is 17.6 Å². The molecule has 1 aliphatic heterocycles. The maximum absolute atomic E-state index is 13.3. The van der Waals surface area contributed by atoms with Crippen LogP contribution in [0.25, 0.3) is 5.70 Å². The molecule has 4 nitrogen and oxygen atoms in total. The fourth-order valence-electron chi connectivity index (χ4n) is 4.36. The summed E-state index contributed by atoms with van der Waals surface area (Å²) in [5, 5.41) is 2.79. The van der Waals surface area contributed by atoms with Crippen LogP contribution in [0.3, 0.4) is 0 Å². The molecule has 1 heterocycles. The largest absolute Gasteiger partial charge is 0.326 e. The molecule has 0 radical (unpaired) electrons. The number of hydrogen-bond donors (Lipinski definition) is 1. The van der Waals surface area contributed by atoms with Gasteiger partial charge in [-0.15, -0.1) is 11.8 Å². The molecule has 0 aromatic heterocycles. The molecule has 1 saturated heterocycles. The Bertz CT molecular complexity index is 999. The SMILES string of the molecule is C=C(NC(=O)C1CCCCC1)c1ccc(N2C(=O)CSC2c2ccc(F)cc2)c(C)c1. The summed E-state index contributed by atoms with van der Waals surface area (Å²) in [4.78, 5) is 27.0. The van der Waals surface area contributed by atoms with Crippen molar-refractivity contribution in [2.45, 2.75) is 44.4 Å². The van der Waals surface area contributed by atoms with Crippen molar-refractivity contribution in [3.63, 3.8) is 0 Å². The number of halogens is 1. The molecule has 1 N–H and O–H groups in total. The summed E-state index contributed by atoms with van der Waals surface area (Å²) in [6.45, 7) is 6.01. The monoisotopic (exact) mass is 438 g/mol.